The Labute approximate surface area is 90.9 Å². The van der Waals surface area contributed by atoms with Crippen molar-refractivity contribution in [3.05, 3.63) is 12.2 Å². The molecule has 0 aromatic rings. The summed E-state index contributed by atoms with van der Waals surface area (Å²) < 4.78 is 0. The van der Waals surface area contributed by atoms with Gasteiger partial charge in [-0.3, -0.25) is 0 Å². The Morgan fingerprint density at radius 2 is 2.08 bits per heavy atom. The Balaban J connectivity index is 2.26. The molecule has 0 aromatic carbocycles. The third kappa shape index (κ3) is 4.85. The average molecular weight is 245 g/mol. The fraction of sp³-hybridized carbons (Fsp3) is 0.833. The zero-order valence-electron chi connectivity index (χ0n) is 8.69. The Kier molecular flexibility index (Phi) is 5.08. The molecule has 1 aliphatic carbocycles. The fourth-order valence-corrected chi connectivity index (χ4v) is 2.96. The van der Waals surface area contributed by atoms with Crippen LogP contribution in [0.5, 0.6) is 0 Å². The van der Waals surface area contributed by atoms with E-state index >= 15 is 0 Å². The van der Waals surface area contributed by atoms with E-state index in [-0.39, 0.29) is 0 Å². The van der Waals surface area contributed by atoms with E-state index in [1.54, 1.807) is 0 Å². The first kappa shape index (κ1) is 11.3. The van der Waals surface area contributed by atoms with Crippen LogP contribution >= 0.6 is 15.9 Å². The monoisotopic (exact) mass is 244 g/mol. The quantitative estimate of drug-likeness (QED) is 0.384. The van der Waals surface area contributed by atoms with Crippen molar-refractivity contribution in [3.8, 4) is 0 Å². The minimum Gasteiger partial charge on any atom is -0.100 e. The first-order valence-electron chi connectivity index (χ1n) is 5.47. The number of rotatable bonds is 3. The average Bonchev–Trinajstić information content (AvgIpc) is 2.26. The van der Waals surface area contributed by atoms with Crippen molar-refractivity contribution in [2.45, 2.75) is 56.7 Å². The van der Waals surface area contributed by atoms with Crippen LogP contribution < -0.4 is 0 Å². The second-order valence-electron chi connectivity index (χ2n) is 4.48. The van der Waals surface area contributed by atoms with E-state index in [0.717, 1.165) is 10.7 Å². The van der Waals surface area contributed by atoms with Crippen LogP contribution in [0.2, 0.25) is 0 Å². The Morgan fingerprint density at radius 3 is 2.77 bits per heavy atom. The van der Waals surface area contributed by atoms with Crippen molar-refractivity contribution in [2.75, 3.05) is 0 Å². The number of alkyl halides is 1. The molecule has 0 nitrogen and oxygen atoms in total. The molecule has 0 N–H and O–H groups in total. The maximum absolute atomic E-state index is 3.97. The lowest BCUT2D eigenvalue weighted by molar-refractivity contribution is 0.433. The van der Waals surface area contributed by atoms with Crippen molar-refractivity contribution in [1.82, 2.24) is 0 Å². The van der Waals surface area contributed by atoms with Crippen LogP contribution in [0.4, 0.5) is 0 Å². The highest BCUT2D eigenvalue weighted by molar-refractivity contribution is 9.09. The minimum atomic E-state index is 0.783. The van der Waals surface area contributed by atoms with Gasteiger partial charge >= 0.3 is 0 Å². The molecule has 1 heteroatoms. The summed E-state index contributed by atoms with van der Waals surface area (Å²) in [6, 6.07) is 0. The van der Waals surface area contributed by atoms with Crippen LogP contribution in [0.15, 0.2) is 12.2 Å². The van der Waals surface area contributed by atoms with Gasteiger partial charge in [-0.1, -0.05) is 40.8 Å². The Bertz CT molecular complexity index is 163. The maximum Gasteiger partial charge on any atom is 0.0148 e. The second kappa shape index (κ2) is 5.85. The molecule has 0 bridgehead atoms. The molecule has 0 spiro atoms. The zero-order valence-corrected chi connectivity index (χ0v) is 10.3. The van der Waals surface area contributed by atoms with Crippen molar-refractivity contribution in [2.24, 2.45) is 5.92 Å². The van der Waals surface area contributed by atoms with Gasteiger partial charge in [-0.05, 0) is 38.5 Å². The molecule has 1 saturated carbocycles. The van der Waals surface area contributed by atoms with E-state index in [1.807, 2.05) is 0 Å². The predicted octanol–water partition coefficient (Wildman–Crippen LogP) is 4.69. The predicted molar refractivity (Wildman–Crippen MR) is 63.3 cm³/mol. The topological polar surface area (TPSA) is 0 Å². The zero-order chi connectivity index (χ0) is 9.68. The van der Waals surface area contributed by atoms with Gasteiger partial charge in [0.1, 0.15) is 0 Å². The van der Waals surface area contributed by atoms with Gasteiger partial charge in [0.25, 0.3) is 0 Å². The lowest BCUT2D eigenvalue weighted by atomic mass is 9.93. The molecule has 13 heavy (non-hydrogen) atoms. The first-order chi connectivity index (χ1) is 6.18. The third-order valence-corrected chi connectivity index (χ3v) is 3.78. The Morgan fingerprint density at radius 1 is 1.38 bits per heavy atom. The highest BCUT2D eigenvalue weighted by atomic mass is 79.9. The summed E-state index contributed by atoms with van der Waals surface area (Å²) in [6.07, 6.45) is 9.64. The van der Waals surface area contributed by atoms with Crippen LogP contribution in [0.25, 0.3) is 0 Å². The van der Waals surface area contributed by atoms with Gasteiger partial charge < -0.3 is 0 Å². The summed E-state index contributed by atoms with van der Waals surface area (Å²) in [4.78, 5) is 0.783. The molecular formula is C12H21Br. The number of allylic oxidation sites excluding steroid dienone is 1. The fourth-order valence-electron chi connectivity index (χ4n) is 2.11. The molecule has 1 fully saturated rings. The summed E-state index contributed by atoms with van der Waals surface area (Å²) in [5.41, 5.74) is 1.34. The number of hydrogen-bond donors (Lipinski definition) is 0. The van der Waals surface area contributed by atoms with Crippen LogP contribution in [0, 0.1) is 5.92 Å². The van der Waals surface area contributed by atoms with Gasteiger partial charge in [-0.15, -0.1) is 6.58 Å². The molecule has 0 radical (unpaired) electrons. The molecular weight excluding hydrogens is 224 g/mol. The molecule has 2 unspecified atom stereocenters. The van der Waals surface area contributed by atoms with Crippen LogP contribution in [0.3, 0.4) is 0 Å². The van der Waals surface area contributed by atoms with Gasteiger partial charge in [0, 0.05) is 4.83 Å². The van der Waals surface area contributed by atoms with E-state index in [1.165, 1.54) is 50.5 Å². The molecule has 1 aliphatic rings. The Hall–Kier alpha value is 0.220. The third-order valence-electron chi connectivity index (χ3n) is 2.95. The van der Waals surface area contributed by atoms with Gasteiger partial charge in [0.05, 0.1) is 0 Å². The SMILES string of the molecule is C=C(C)CCC1CCCCC(Br)C1. The van der Waals surface area contributed by atoms with Gasteiger partial charge in [-0.25, -0.2) is 0 Å². The highest BCUT2D eigenvalue weighted by Gasteiger charge is 2.17. The standard InChI is InChI=1S/C12H21Br/c1-10(2)7-8-11-5-3-4-6-12(13)9-11/h11-12H,1,3-9H2,2H3. The number of hydrogen-bond acceptors (Lipinski definition) is 0. The van der Waals surface area contributed by atoms with Gasteiger partial charge in [-0.2, -0.15) is 0 Å². The largest absolute Gasteiger partial charge is 0.100 e. The molecule has 0 heterocycles. The molecule has 0 aromatic heterocycles. The van der Waals surface area contributed by atoms with Crippen molar-refractivity contribution < 1.29 is 0 Å². The summed E-state index contributed by atoms with van der Waals surface area (Å²) >= 11 is 3.76. The molecule has 76 valence electrons. The summed E-state index contributed by atoms with van der Waals surface area (Å²) in [7, 11) is 0. The van der Waals surface area contributed by atoms with Crippen LogP contribution in [-0.4, -0.2) is 4.83 Å². The summed E-state index contributed by atoms with van der Waals surface area (Å²) in [6.45, 7) is 6.11. The van der Waals surface area contributed by atoms with Crippen molar-refractivity contribution in [1.29, 1.82) is 0 Å². The van der Waals surface area contributed by atoms with E-state index in [4.69, 9.17) is 0 Å². The normalized spacial score (nSPS) is 29.7. The van der Waals surface area contributed by atoms with E-state index < -0.39 is 0 Å². The summed E-state index contributed by atoms with van der Waals surface area (Å²) in [5, 5.41) is 0. The molecule has 2 atom stereocenters. The molecule has 0 saturated heterocycles. The van der Waals surface area contributed by atoms with E-state index in [0.29, 0.717) is 0 Å². The number of halogens is 1. The first-order valence-corrected chi connectivity index (χ1v) is 6.38. The van der Waals surface area contributed by atoms with Crippen molar-refractivity contribution in [3.63, 3.8) is 0 Å². The maximum atomic E-state index is 3.97. The lowest BCUT2D eigenvalue weighted by Gasteiger charge is -2.15. The highest BCUT2D eigenvalue weighted by Crippen LogP contribution is 2.30. The van der Waals surface area contributed by atoms with Crippen LogP contribution in [0.1, 0.15) is 51.9 Å². The van der Waals surface area contributed by atoms with E-state index in [9.17, 15) is 0 Å². The summed E-state index contributed by atoms with van der Waals surface area (Å²) in [5.74, 6) is 0.948. The lowest BCUT2D eigenvalue weighted by Crippen LogP contribution is -2.05. The minimum absolute atomic E-state index is 0.783. The second-order valence-corrected chi connectivity index (χ2v) is 5.77. The molecule has 0 amide bonds. The van der Waals surface area contributed by atoms with Gasteiger partial charge in [0.15, 0.2) is 0 Å². The smallest absolute Gasteiger partial charge is 0.0148 e. The van der Waals surface area contributed by atoms with Gasteiger partial charge in [0.2, 0.25) is 0 Å². The van der Waals surface area contributed by atoms with Crippen LogP contribution in [-0.2, 0) is 0 Å². The molecule has 0 aliphatic heterocycles. The van der Waals surface area contributed by atoms with E-state index in [2.05, 4.69) is 29.4 Å². The van der Waals surface area contributed by atoms with Crippen molar-refractivity contribution >= 4 is 15.9 Å². The molecule has 1 rings (SSSR count).